The molecule has 162 valence electrons. The zero-order valence-corrected chi connectivity index (χ0v) is 17.6. The number of benzene rings is 2. The lowest BCUT2D eigenvalue weighted by Gasteiger charge is -2.22. The summed E-state index contributed by atoms with van der Waals surface area (Å²) in [5.74, 6) is -2.81. The number of nitrogens with two attached hydrogens (primary N) is 1. The number of halogens is 1. The Bertz CT molecular complexity index is 1270. The van der Waals surface area contributed by atoms with Crippen LogP contribution in [-0.4, -0.2) is 27.0 Å². The third kappa shape index (κ3) is 4.55. The first-order chi connectivity index (χ1) is 15.3. The number of hydrogen-bond acceptors (Lipinski definition) is 6. The van der Waals surface area contributed by atoms with Crippen LogP contribution in [0.2, 0.25) is 0 Å². The molecule has 0 aliphatic rings. The molecule has 0 saturated carbocycles. The molecule has 8 heteroatoms. The molecule has 3 N–H and O–H groups in total. The minimum Gasteiger partial charge on any atom is -0.491 e. The van der Waals surface area contributed by atoms with Gasteiger partial charge in [-0.05, 0) is 44.2 Å². The van der Waals surface area contributed by atoms with E-state index in [1.54, 1.807) is 36.4 Å². The van der Waals surface area contributed by atoms with Crippen molar-refractivity contribution in [3.8, 4) is 17.0 Å². The number of fused-ring (bicyclic) bond motifs is 1. The van der Waals surface area contributed by atoms with Gasteiger partial charge in [-0.3, -0.25) is 10.5 Å². The fourth-order valence-corrected chi connectivity index (χ4v) is 3.27. The van der Waals surface area contributed by atoms with Gasteiger partial charge in [-0.1, -0.05) is 36.4 Å². The first kappa shape index (κ1) is 21.3. The topological polar surface area (TPSA) is 103 Å². The van der Waals surface area contributed by atoms with Gasteiger partial charge < -0.3 is 10.1 Å². The lowest BCUT2D eigenvalue weighted by Crippen LogP contribution is -2.50. The van der Waals surface area contributed by atoms with Crippen molar-refractivity contribution < 1.29 is 13.9 Å². The molecule has 2 heterocycles. The number of carbonyl (C=O) groups excluding carboxylic acids is 1. The van der Waals surface area contributed by atoms with E-state index in [1.807, 2.05) is 38.1 Å². The second-order valence-corrected chi connectivity index (χ2v) is 7.51. The summed E-state index contributed by atoms with van der Waals surface area (Å²) in [4.78, 5) is 25.2. The van der Waals surface area contributed by atoms with Gasteiger partial charge in [-0.15, -0.1) is 0 Å². The predicted molar refractivity (Wildman–Crippen MR) is 119 cm³/mol. The van der Waals surface area contributed by atoms with Crippen LogP contribution >= 0.6 is 0 Å². The van der Waals surface area contributed by atoms with Gasteiger partial charge in [0.25, 0.3) is 11.8 Å². The average molecular weight is 431 g/mol. The van der Waals surface area contributed by atoms with Crippen molar-refractivity contribution in [1.29, 1.82) is 0 Å². The second-order valence-electron chi connectivity index (χ2n) is 7.51. The molecule has 7 nitrogen and oxygen atoms in total. The number of ether oxygens (including phenoxy) is 1. The number of rotatable bonds is 6. The number of para-hydroxylation sites is 1. The number of nitrogens with zero attached hydrogens (tertiary/aromatic N) is 3. The van der Waals surface area contributed by atoms with Crippen LogP contribution < -0.4 is 15.8 Å². The zero-order chi connectivity index (χ0) is 22.7. The van der Waals surface area contributed by atoms with Gasteiger partial charge in [-0.25, -0.2) is 15.0 Å². The zero-order valence-electron chi connectivity index (χ0n) is 17.6. The van der Waals surface area contributed by atoms with E-state index < -0.39 is 11.8 Å². The summed E-state index contributed by atoms with van der Waals surface area (Å²) >= 11 is 0. The van der Waals surface area contributed by atoms with Gasteiger partial charge >= 0.3 is 0 Å². The molecular formula is C24H22FN5O2. The largest absolute Gasteiger partial charge is 0.491 e. The lowest BCUT2D eigenvalue weighted by molar-refractivity contribution is 0.0698. The van der Waals surface area contributed by atoms with Crippen LogP contribution in [-0.2, 0) is 5.92 Å². The van der Waals surface area contributed by atoms with Crippen LogP contribution in [0.5, 0.6) is 5.75 Å². The molecule has 1 amide bonds. The Balaban J connectivity index is 1.61. The van der Waals surface area contributed by atoms with E-state index in [0.29, 0.717) is 22.3 Å². The number of nitrogens with one attached hydrogen (secondary N) is 1. The minimum absolute atomic E-state index is 0.0140. The van der Waals surface area contributed by atoms with Crippen molar-refractivity contribution in [2.45, 2.75) is 25.9 Å². The van der Waals surface area contributed by atoms with Gasteiger partial charge in [0, 0.05) is 10.9 Å². The molecule has 1 atom stereocenters. The van der Waals surface area contributed by atoms with Gasteiger partial charge in [0.05, 0.1) is 17.3 Å². The van der Waals surface area contributed by atoms with E-state index in [-0.39, 0.29) is 17.5 Å². The molecule has 0 spiro atoms. The summed E-state index contributed by atoms with van der Waals surface area (Å²) in [5.41, 5.74) is 7.51. The molecule has 2 aromatic heterocycles. The third-order valence-electron chi connectivity index (χ3n) is 4.68. The highest BCUT2D eigenvalue weighted by Gasteiger charge is 2.32. The summed E-state index contributed by atoms with van der Waals surface area (Å²) in [6, 6.07) is 19.0. The van der Waals surface area contributed by atoms with Crippen molar-refractivity contribution in [1.82, 2.24) is 20.3 Å². The van der Waals surface area contributed by atoms with Crippen molar-refractivity contribution in [2.24, 2.45) is 5.73 Å². The van der Waals surface area contributed by atoms with Crippen LogP contribution in [0, 0.1) is 0 Å². The SMILES string of the molecule is CC(C)Oc1cccc(-c2cccc(C(N)(F)NC(=O)c3ncnc4ccccc34)n2)c1. The monoisotopic (exact) mass is 431 g/mol. The lowest BCUT2D eigenvalue weighted by atomic mass is 10.1. The fourth-order valence-electron chi connectivity index (χ4n) is 3.27. The van der Waals surface area contributed by atoms with Crippen LogP contribution in [0.25, 0.3) is 22.2 Å². The number of hydrogen-bond donors (Lipinski definition) is 2. The third-order valence-corrected chi connectivity index (χ3v) is 4.68. The Morgan fingerprint density at radius 1 is 1.06 bits per heavy atom. The van der Waals surface area contributed by atoms with Crippen molar-refractivity contribution in [3.63, 3.8) is 0 Å². The van der Waals surface area contributed by atoms with Crippen molar-refractivity contribution in [2.75, 3.05) is 0 Å². The Kier molecular flexibility index (Phi) is 5.79. The Labute approximate surface area is 184 Å². The number of carbonyl (C=O) groups is 1. The van der Waals surface area contributed by atoms with Crippen molar-refractivity contribution in [3.05, 3.63) is 84.4 Å². The molecule has 0 fully saturated rings. The van der Waals surface area contributed by atoms with Gasteiger partial charge in [0.1, 0.15) is 23.5 Å². The molecule has 4 rings (SSSR count). The highest BCUT2D eigenvalue weighted by Crippen LogP contribution is 2.25. The highest BCUT2D eigenvalue weighted by atomic mass is 19.1. The summed E-state index contributed by atoms with van der Waals surface area (Å²) in [6.07, 6.45) is 1.26. The molecule has 32 heavy (non-hydrogen) atoms. The molecule has 0 radical (unpaired) electrons. The van der Waals surface area contributed by atoms with E-state index >= 15 is 4.39 Å². The van der Waals surface area contributed by atoms with Crippen LogP contribution in [0.4, 0.5) is 4.39 Å². The maximum Gasteiger partial charge on any atom is 0.279 e. The second kappa shape index (κ2) is 8.68. The molecule has 0 aliphatic heterocycles. The van der Waals surface area contributed by atoms with Gasteiger partial charge in [-0.2, -0.15) is 4.39 Å². The number of amides is 1. The summed E-state index contributed by atoms with van der Waals surface area (Å²) in [7, 11) is 0. The fraction of sp³-hybridized carbons (Fsp3) is 0.167. The first-order valence-corrected chi connectivity index (χ1v) is 10.1. The molecule has 0 saturated heterocycles. The van der Waals surface area contributed by atoms with Crippen LogP contribution in [0.3, 0.4) is 0 Å². The normalized spacial score (nSPS) is 13.0. The first-order valence-electron chi connectivity index (χ1n) is 10.1. The maximum absolute atomic E-state index is 15.4. The van der Waals surface area contributed by atoms with Gasteiger partial charge in [0.2, 0.25) is 0 Å². The van der Waals surface area contributed by atoms with E-state index in [9.17, 15) is 4.79 Å². The Morgan fingerprint density at radius 2 is 1.84 bits per heavy atom. The molecular weight excluding hydrogens is 409 g/mol. The summed E-state index contributed by atoms with van der Waals surface area (Å²) < 4.78 is 21.1. The molecule has 2 aromatic carbocycles. The van der Waals surface area contributed by atoms with Gasteiger partial charge in [0.15, 0.2) is 0 Å². The Morgan fingerprint density at radius 3 is 2.66 bits per heavy atom. The molecule has 4 aromatic rings. The number of alkyl halides is 1. The smallest absolute Gasteiger partial charge is 0.279 e. The van der Waals surface area contributed by atoms with Crippen molar-refractivity contribution >= 4 is 16.8 Å². The summed E-state index contributed by atoms with van der Waals surface area (Å²) in [6.45, 7) is 3.86. The van der Waals surface area contributed by atoms with E-state index in [0.717, 1.165) is 5.56 Å². The quantitative estimate of drug-likeness (QED) is 0.354. The molecule has 1 unspecified atom stereocenters. The average Bonchev–Trinajstić information content (AvgIpc) is 2.78. The predicted octanol–water partition coefficient (Wildman–Crippen LogP) is 3.95. The number of aromatic nitrogens is 3. The highest BCUT2D eigenvalue weighted by molar-refractivity contribution is 6.04. The van der Waals surface area contributed by atoms with E-state index in [2.05, 4.69) is 20.3 Å². The summed E-state index contributed by atoms with van der Waals surface area (Å²) in [5, 5.41) is 2.68. The van der Waals surface area contributed by atoms with E-state index in [4.69, 9.17) is 10.5 Å². The van der Waals surface area contributed by atoms with E-state index in [1.165, 1.54) is 12.4 Å². The Hall–Kier alpha value is -3.91. The maximum atomic E-state index is 15.4. The van der Waals surface area contributed by atoms with Crippen LogP contribution in [0.1, 0.15) is 30.0 Å². The number of pyridine rings is 1. The molecule has 0 bridgehead atoms. The minimum atomic E-state index is -2.72. The molecule has 0 aliphatic carbocycles. The van der Waals surface area contributed by atoms with Crippen LogP contribution in [0.15, 0.2) is 73.1 Å². The standard InChI is InChI=1S/C24H22FN5O2/c1-15(2)32-17-8-5-7-16(13-17)19-11-6-12-21(29-19)24(25,26)30-23(31)22-18-9-3-4-10-20(18)27-14-28-22/h3-15H,26H2,1-2H3,(H,30,31).